The van der Waals surface area contributed by atoms with Crippen LogP contribution in [0.25, 0.3) is 0 Å². The first-order chi connectivity index (χ1) is 11.4. The molecule has 1 rings (SSSR count). The number of hydrazone groups is 1. The predicted molar refractivity (Wildman–Crippen MR) is 99.7 cm³/mol. The van der Waals surface area contributed by atoms with Crippen LogP contribution in [-0.2, 0) is 24.1 Å². The van der Waals surface area contributed by atoms with E-state index in [1.165, 1.54) is 10.6 Å². The van der Waals surface area contributed by atoms with E-state index < -0.39 is 11.7 Å². The van der Waals surface area contributed by atoms with Crippen LogP contribution in [0.3, 0.4) is 0 Å². The molecule has 132 valence electrons. The highest BCUT2D eigenvalue weighted by molar-refractivity contribution is 6.43. The Morgan fingerprint density at radius 3 is 1.96 bits per heavy atom. The Kier molecular flexibility index (Phi) is 7.83. The molecule has 0 saturated heterocycles. The summed E-state index contributed by atoms with van der Waals surface area (Å²) in [5.41, 5.74) is 4.53. The van der Waals surface area contributed by atoms with Gasteiger partial charge in [0.2, 0.25) is 0 Å². The lowest BCUT2D eigenvalue weighted by atomic mass is 9.91. The molecule has 24 heavy (non-hydrogen) atoms. The van der Waals surface area contributed by atoms with E-state index >= 15 is 0 Å². The highest BCUT2D eigenvalue weighted by Crippen LogP contribution is 2.21. The molecule has 0 N–H and O–H groups in total. The van der Waals surface area contributed by atoms with Crippen molar-refractivity contribution >= 4 is 17.4 Å². The van der Waals surface area contributed by atoms with E-state index in [0.717, 1.165) is 48.9 Å². The van der Waals surface area contributed by atoms with Gasteiger partial charge in [-0.05, 0) is 49.3 Å². The molecule has 4 heteroatoms. The molecule has 0 spiro atoms. The number of nitrogens with zero attached hydrogens (tertiary/aromatic N) is 2. The Morgan fingerprint density at radius 1 is 1.00 bits per heavy atom. The number of hydrogen-bond acceptors (Lipinski definition) is 3. The molecule has 1 aromatic carbocycles. The Balaban J connectivity index is 3.22. The summed E-state index contributed by atoms with van der Waals surface area (Å²) in [5.74, 6) is -1.03. The first-order valence-corrected chi connectivity index (χ1v) is 8.90. The normalized spacial score (nSPS) is 11.5. The molecule has 0 aliphatic rings. The summed E-state index contributed by atoms with van der Waals surface area (Å²) in [5, 5.41) is 5.42. The maximum Gasteiger partial charge on any atom is 0.314 e. The fourth-order valence-electron chi connectivity index (χ4n) is 2.86. The minimum absolute atomic E-state index is 0.457. The minimum atomic E-state index is -0.570. The second kappa shape index (κ2) is 9.36. The van der Waals surface area contributed by atoms with Crippen LogP contribution in [0.5, 0.6) is 0 Å². The topological polar surface area (TPSA) is 49.7 Å². The van der Waals surface area contributed by atoms with Gasteiger partial charge in [-0.25, -0.2) is 5.01 Å². The Bertz CT molecular complexity index is 608. The van der Waals surface area contributed by atoms with Crippen LogP contribution in [0.15, 0.2) is 17.2 Å². The van der Waals surface area contributed by atoms with Crippen molar-refractivity contribution in [3.63, 3.8) is 0 Å². The van der Waals surface area contributed by atoms with Crippen LogP contribution in [-0.4, -0.2) is 29.5 Å². The van der Waals surface area contributed by atoms with Crippen LogP contribution >= 0.6 is 0 Å². The molecule has 0 aromatic heterocycles. The van der Waals surface area contributed by atoms with Crippen molar-refractivity contribution in [1.82, 2.24) is 5.01 Å². The van der Waals surface area contributed by atoms with Crippen LogP contribution in [0, 0.1) is 0 Å². The van der Waals surface area contributed by atoms with Gasteiger partial charge in [-0.15, -0.1) is 0 Å². The van der Waals surface area contributed by atoms with Crippen molar-refractivity contribution in [1.29, 1.82) is 0 Å². The lowest BCUT2D eigenvalue weighted by molar-refractivity contribution is -0.125. The summed E-state index contributed by atoms with van der Waals surface area (Å²) >= 11 is 0. The zero-order valence-electron chi connectivity index (χ0n) is 15.9. The molecule has 4 nitrogen and oxygen atoms in total. The first-order valence-electron chi connectivity index (χ1n) is 8.90. The predicted octanol–water partition coefficient (Wildman–Crippen LogP) is 4.19. The van der Waals surface area contributed by atoms with Gasteiger partial charge in [-0.1, -0.05) is 46.2 Å². The number of amides is 1. The van der Waals surface area contributed by atoms with Crippen molar-refractivity contribution in [3.05, 3.63) is 34.4 Å². The SMILES string of the molecule is CCCC(C)=NN(C)C(=O)C(=O)c1c(CC)cc(CC)cc1CC. The molecule has 1 amide bonds. The molecule has 0 heterocycles. The van der Waals surface area contributed by atoms with Crippen molar-refractivity contribution in [3.8, 4) is 0 Å². The third-order valence-electron chi connectivity index (χ3n) is 4.18. The minimum Gasteiger partial charge on any atom is -0.283 e. The average molecular weight is 330 g/mol. The van der Waals surface area contributed by atoms with Crippen LogP contribution in [0.2, 0.25) is 0 Å². The van der Waals surface area contributed by atoms with Crippen molar-refractivity contribution in [2.75, 3.05) is 7.05 Å². The highest BCUT2D eigenvalue weighted by Gasteiger charge is 2.25. The van der Waals surface area contributed by atoms with Crippen molar-refractivity contribution in [2.24, 2.45) is 5.10 Å². The molecule has 1 aromatic rings. The van der Waals surface area contributed by atoms with E-state index in [0.29, 0.717) is 5.56 Å². The van der Waals surface area contributed by atoms with Gasteiger partial charge >= 0.3 is 5.91 Å². The van der Waals surface area contributed by atoms with Crippen LogP contribution in [0.1, 0.15) is 74.5 Å². The second-order valence-corrected chi connectivity index (χ2v) is 6.09. The molecule has 0 atom stereocenters. The van der Waals surface area contributed by atoms with Gasteiger partial charge in [-0.3, -0.25) is 9.59 Å². The molecular weight excluding hydrogens is 300 g/mol. The molecular formula is C20H30N2O2. The lowest BCUT2D eigenvalue weighted by Crippen LogP contribution is -2.31. The third kappa shape index (κ3) is 4.76. The molecule has 0 radical (unpaired) electrons. The zero-order chi connectivity index (χ0) is 18.3. The number of ketones is 1. The zero-order valence-corrected chi connectivity index (χ0v) is 15.9. The van der Waals surface area contributed by atoms with Gasteiger partial charge in [0.05, 0.1) is 0 Å². The molecule has 0 unspecified atom stereocenters. The molecule has 0 bridgehead atoms. The summed E-state index contributed by atoms with van der Waals surface area (Å²) in [6, 6.07) is 4.09. The van der Waals surface area contributed by atoms with Gasteiger partial charge in [0.1, 0.15) is 0 Å². The second-order valence-electron chi connectivity index (χ2n) is 6.09. The van der Waals surface area contributed by atoms with E-state index in [9.17, 15) is 9.59 Å². The fraction of sp³-hybridized carbons (Fsp3) is 0.550. The summed E-state index contributed by atoms with van der Waals surface area (Å²) < 4.78 is 0. The number of carbonyl (C=O) groups is 2. The van der Waals surface area contributed by atoms with Crippen LogP contribution < -0.4 is 0 Å². The smallest absolute Gasteiger partial charge is 0.283 e. The van der Waals surface area contributed by atoms with E-state index in [2.05, 4.69) is 18.9 Å². The lowest BCUT2D eigenvalue weighted by Gasteiger charge is -2.17. The summed E-state index contributed by atoms with van der Waals surface area (Å²) in [4.78, 5) is 25.4. The number of likely N-dealkylation sites (N-methyl/N-ethyl adjacent to an activating group) is 1. The number of hydrogen-bond donors (Lipinski definition) is 0. The van der Waals surface area contributed by atoms with E-state index in [1.807, 2.05) is 32.9 Å². The van der Waals surface area contributed by atoms with Crippen molar-refractivity contribution in [2.45, 2.75) is 66.7 Å². The molecule has 0 aliphatic heterocycles. The molecule has 0 fully saturated rings. The average Bonchev–Trinajstić information content (AvgIpc) is 2.58. The van der Waals surface area contributed by atoms with Gasteiger partial charge in [-0.2, -0.15) is 5.10 Å². The number of Topliss-reactive ketones (excluding diaryl/α,β-unsaturated/α-hetero) is 1. The first kappa shape index (κ1) is 20.1. The maximum absolute atomic E-state index is 12.8. The number of rotatable bonds is 8. The Morgan fingerprint density at radius 2 is 1.54 bits per heavy atom. The number of benzene rings is 1. The summed E-state index contributed by atoms with van der Waals surface area (Å²) in [6.07, 6.45) is 4.16. The quantitative estimate of drug-likeness (QED) is 0.310. The third-order valence-corrected chi connectivity index (χ3v) is 4.18. The van der Waals surface area contributed by atoms with E-state index in [1.54, 1.807) is 7.05 Å². The fourth-order valence-corrected chi connectivity index (χ4v) is 2.86. The summed E-state index contributed by atoms with van der Waals surface area (Å²) in [6.45, 7) is 10.1. The Labute approximate surface area is 145 Å². The van der Waals surface area contributed by atoms with Gasteiger partial charge in [0.15, 0.2) is 0 Å². The van der Waals surface area contributed by atoms with E-state index in [-0.39, 0.29) is 0 Å². The van der Waals surface area contributed by atoms with Crippen LogP contribution in [0.4, 0.5) is 0 Å². The molecule has 0 aliphatic carbocycles. The maximum atomic E-state index is 12.8. The van der Waals surface area contributed by atoms with Crippen molar-refractivity contribution < 1.29 is 9.59 Å². The van der Waals surface area contributed by atoms with E-state index in [4.69, 9.17) is 0 Å². The number of carbonyl (C=O) groups excluding carboxylic acids is 2. The highest BCUT2D eigenvalue weighted by atomic mass is 16.2. The van der Waals surface area contributed by atoms with Gasteiger partial charge in [0, 0.05) is 18.3 Å². The standard InChI is InChI=1S/C20H30N2O2/c1-7-11-14(5)21-22(6)20(24)19(23)18-16(9-3)12-15(8-2)13-17(18)10-4/h12-13H,7-11H2,1-6H3. The van der Waals surface area contributed by atoms with Gasteiger partial charge in [0.25, 0.3) is 5.78 Å². The van der Waals surface area contributed by atoms with Gasteiger partial charge < -0.3 is 0 Å². The Hall–Kier alpha value is -1.97. The largest absolute Gasteiger partial charge is 0.314 e. The molecule has 0 saturated carbocycles. The summed E-state index contributed by atoms with van der Waals surface area (Å²) in [7, 11) is 1.55. The monoisotopic (exact) mass is 330 g/mol. The number of aryl methyl sites for hydroxylation is 3.